The smallest absolute Gasteiger partial charge is 0.159 e. The average Bonchev–Trinajstić information content (AvgIpc) is 2.64. The minimum absolute atomic E-state index is 0.518. The number of aromatic nitrogens is 2. The highest BCUT2D eigenvalue weighted by Crippen LogP contribution is 2.30. The van der Waals surface area contributed by atoms with Gasteiger partial charge in [0.25, 0.3) is 0 Å². The summed E-state index contributed by atoms with van der Waals surface area (Å²) in [5.74, 6) is 3.33. The molecular weight excluding hydrogens is 350 g/mol. The molecule has 0 unspecified atom stereocenters. The van der Waals surface area contributed by atoms with Gasteiger partial charge in [0.1, 0.15) is 17.8 Å². The Balaban J connectivity index is 2.15. The molecule has 6 heteroatoms. The van der Waals surface area contributed by atoms with Crippen molar-refractivity contribution in [3.05, 3.63) is 30.6 Å². The molecule has 0 fully saturated rings. The molecule has 1 aromatic heterocycles. The van der Waals surface area contributed by atoms with Crippen LogP contribution in [0.2, 0.25) is 0 Å². The predicted octanol–water partition coefficient (Wildman–Crippen LogP) is 5.10. The van der Waals surface area contributed by atoms with Crippen LogP contribution in [0.15, 0.2) is 30.6 Å². The monoisotopic (exact) mass is 385 g/mol. The van der Waals surface area contributed by atoms with Crippen LogP contribution in [0.4, 0.5) is 23.0 Å². The van der Waals surface area contributed by atoms with Crippen molar-refractivity contribution in [2.45, 2.75) is 47.5 Å². The summed E-state index contributed by atoms with van der Waals surface area (Å²) in [6.07, 6.45) is 3.76. The van der Waals surface area contributed by atoms with Crippen LogP contribution in [0.1, 0.15) is 47.5 Å². The molecule has 2 aromatic rings. The van der Waals surface area contributed by atoms with E-state index in [0.29, 0.717) is 23.3 Å². The number of nitrogens with two attached hydrogens (primary N) is 1. The first-order valence-corrected chi connectivity index (χ1v) is 10.3. The Labute approximate surface area is 169 Å². The number of nitrogens with zero attached hydrogens (tertiary/aromatic N) is 3. The van der Waals surface area contributed by atoms with E-state index in [1.165, 1.54) is 0 Å². The molecule has 0 bridgehead atoms. The quantitative estimate of drug-likeness (QED) is 0.524. The Morgan fingerprint density at radius 3 is 2.25 bits per heavy atom. The highest BCUT2D eigenvalue weighted by atomic mass is 16.5. The summed E-state index contributed by atoms with van der Waals surface area (Å²) in [5.41, 5.74) is 7.93. The van der Waals surface area contributed by atoms with Gasteiger partial charge in [-0.1, -0.05) is 41.0 Å². The van der Waals surface area contributed by atoms with E-state index in [-0.39, 0.29) is 0 Å². The Hall–Kier alpha value is -2.50. The average molecular weight is 386 g/mol. The standard InChI is InChI=1S/C22H35N5O/c1-6-7-12-28-19-10-8-18(9-11-19)26-21-20(23)22(25-15-24-21)27(13-16(2)3)14-17(4)5/h8-11,15-17H,6-7,12-14,23H2,1-5H3,(H,24,25,26). The summed E-state index contributed by atoms with van der Waals surface area (Å²) in [5, 5.41) is 3.31. The maximum absolute atomic E-state index is 6.44. The van der Waals surface area contributed by atoms with Gasteiger partial charge in [-0.2, -0.15) is 0 Å². The normalized spacial score (nSPS) is 11.1. The molecule has 0 amide bonds. The molecule has 0 aliphatic rings. The fourth-order valence-corrected chi connectivity index (χ4v) is 2.97. The lowest BCUT2D eigenvalue weighted by atomic mass is 10.1. The summed E-state index contributed by atoms with van der Waals surface area (Å²) >= 11 is 0. The molecule has 0 atom stereocenters. The van der Waals surface area contributed by atoms with E-state index in [1.54, 1.807) is 6.33 Å². The second-order valence-electron chi connectivity index (χ2n) is 8.00. The lowest BCUT2D eigenvalue weighted by molar-refractivity contribution is 0.309. The molecule has 6 nitrogen and oxygen atoms in total. The number of benzene rings is 1. The van der Waals surface area contributed by atoms with E-state index < -0.39 is 0 Å². The fourth-order valence-electron chi connectivity index (χ4n) is 2.97. The number of nitrogen functional groups attached to an aromatic ring is 1. The van der Waals surface area contributed by atoms with E-state index in [0.717, 1.165) is 49.8 Å². The Morgan fingerprint density at radius 1 is 1.04 bits per heavy atom. The van der Waals surface area contributed by atoms with Gasteiger partial charge >= 0.3 is 0 Å². The highest BCUT2D eigenvalue weighted by molar-refractivity contribution is 5.78. The highest BCUT2D eigenvalue weighted by Gasteiger charge is 2.17. The molecular formula is C22H35N5O. The second kappa shape index (κ2) is 10.7. The molecule has 2 rings (SSSR count). The first-order valence-electron chi connectivity index (χ1n) is 10.3. The third-order valence-corrected chi connectivity index (χ3v) is 4.22. The Bertz CT molecular complexity index is 705. The largest absolute Gasteiger partial charge is 0.494 e. The van der Waals surface area contributed by atoms with E-state index in [9.17, 15) is 0 Å². The zero-order valence-electron chi connectivity index (χ0n) is 17.9. The molecule has 0 radical (unpaired) electrons. The van der Waals surface area contributed by atoms with Crippen LogP contribution < -0.4 is 20.7 Å². The maximum Gasteiger partial charge on any atom is 0.159 e. The van der Waals surface area contributed by atoms with Crippen molar-refractivity contribution in [3.8, 4) is 5.75 Å². The van der Waals surface area contributed by atoms with E-state index in [1.807, 2.05) is 24.3 Å². The molecule has 1 heterocycles. The van der Waals surface area contributed by atoms with Crippen molar-refractivity contribution in [1.82, 2.24) is 9.97 Å². The first kappa shape index (κ1) is 21.8. The summed E-state index contributed by atoms with van der Waals surface area (Å²) in [6.45, 7) is 13.5. The van der Waals surface area contributed by atoms with Crippen LogP contribution in [-0.4, -0.2) is 29.7 Å². The lowest BCUT2D eigenvalue weighted by Crippen LogP contribution is -2.32. The van der Waals surface area contributed by atoms with Crippen molar-refractivity contribution in [1.29, 1.82) is 0 Å². The second-order valence-corrected chi connectivity index (χ2v) is 8.00. The van der Waals surface area contributed by atoms with Crippen LogP contribution in [0, 0.1) is 11.8 Å². The van der Waals surface area contributed by atoms with Crippen LogP contribution in [0.3, 0.4) is 0 Å². The zero-order valence-corrected chi connectivity index (χ0v) is 17.9. The number of hydrogen-bond donors (Lipinski definition) is 2. The molecule has 3 N–H and O–H groups in total. The molecule has 1 aromatic carbocycles. The first-order chi connectivity index (χ1) is 13.4. The van der Waals surface area contributed by atoms with Gasteiger partial charge in [0.05, 0.1) is 6.61 Å². The molecule has 28 heavy (non-hydrogen) atoms. The summed E-state index contributed by atoms with van der Waals surface area (Å²) in [7, 11) is 0. The van der Waals surface area contributed by atoms with Gasteiger partial charge in [-0.15, -0.1) is 0 Å². The minimum Gasteiger partial charge on any atom is -0.494 e. The van der Waals surface area contributed by atoms with Crippen LogP contribution in [0.5, 0.6) is 5.75 Å². The third-order valence-electron chi connectivity index (χ3n) is 4.22. The van der Waals surface area contributed by atoms with Gasteiger partial charge in [0, 0.05) is 18.8 Å². The van der Waals surface area contributed by atoms with Crippen molar-refractivity contribution in [3.63, 3.8) is 0 Å². The number of anilines is 4. The van der Waals surface area contributed by atoms with Crippen molar-refractivity contribution in [2.24, 2.45) is 11.8 Å². The molecule has 154 valence electrons. The van der Waals surface area contributed by atoms with Gasteiger partial charge in [0.15, 0.2) is 11.6 Å². The van der Waals surface area contributed by atoms with Crippen molar-refractivity contribution < 1.29 is 4.74 Å². The minimum atomic E-state index is 0.518. The molecule has 0 saturated carbocycles. The van der Waals surface area contributed by atoms with Crippen LogP contribution in [0.25, 0.3) is 0 Å². The fraction of sp³-hybridized carbons (Fsp3) is 0.545. The molecule has 0 aliphatic heterocycles. The number of nitrogens with one attached hydrogen (secondary N) is 1. The third kappa shape index (κ3) is 6.59. The van der Waals surface area contributed by atoms with Gasteiger partial charge < -0.3 is 20.7 Å². The van der Waals surface area contributed by atoms with E-state index in [2.05, 4.69) is 54.8 Å². The number of ether oxygens (including phenoxy) is 1. The summed E-state index contributed by atoms with van der Waals surface area (Å²) in [4.78, 5) is 11.1. The number of unbranched alkanes of at least 4 members (excludes halogenated alkanes) is 1. The summed E-state index contributed by atoms with van der Waals surface area (Å²) in [6, 6.07) is 7.87. The van der Waals surface area contributed by atoms with Gasteiger partial charge in [-0.05, 0) is 42.5 Å². The Morgan fingerprint density at radius 2 is 1.68 bits per heavy atom. The van der Waals surface area contributed by atoms with Crippen molar-refractivity contribution >= 4 is 23.0 Å². The topological polar surface area (TPSA) is 76.3 Å². The van der Waals surface area contributed by atoms with Crippen LogP contribution in [-0.2, 0) is 0 Å². The summed E-state index contributed by atoms with van der Waals surface area (Å²) < 4.78 is 5.72. The van der Waals surface area contributed by atoms with Gasteiger partial charge in [-0.3, -0.25) is 0 Å². The number of rotatable bonds is 11. The Kier molecular flexibility index (Phi) is 8.36. The predicted molar refractivity (Wildman–Crippen MR) is 118 cm³/mol. The van der Waals surface area contributed by atoms with Gasteiger partial charge in [-0.25, -0.2) is 9.97 Å². The van der Waals surface area contributed by atoms with Crippen LogP contribution >= 0.6 is 0 Å². The van der Waals surface area contributed by atoms with E-state index in [4.69, 9.17) is 10.5 Å². The molecule has 0 spiro atoms. The number of hydrogen-bond acceptors (Lipinski definition) is 6. The van der Waals surface area contributed by atoms with Crippen molar-refractivity contribution in [2.75, 3.05) is 35.6 Å². The zero-order chi connectivity index (χ0) is 20.5. The molecule has 0 saturated heterocycles. The SMILES string of the molecule is CCCCOc1ccc(Nc2ncnc(N(CC(C)C)CC(C)C)c2N)cc1. The van der Waals surface area contributed by atoms with E-state index >= 15 is 0 Å². The lowest BCUT2D eigenvalue weighted by Gasteiger charge is -2.28. The molecule has 0 aliphatic carbocycles. The maximum atomic E-state index is 6.44. The van der Waals surface area contributed by atoms with Gasteiger partial charge in [0.2, 0.25) is 0 Å².